The summed E-state index contributed by atoms with van der Waals surface area (Å²) in [7, 11) is 1.22. The fraction of sp³-hybridized carbons (Fsp3) is 0.750. The molecule has 0 aromatic heterocycles. The number of ether oxygens (including phenoxy) is 1. The molecular weight excluding hydrogens is 133 g/mol. The number of nitrogens with zero attached hydrogens (tertiary/aromatic N) is 1. The molecule has 0 bridgehead atoms. The molecule has 0 N–H and O–H groups in total. The van der Waals surface area contributed by atoms with Crippen molar-refractivity contribution >= 4 is 5.97 Å². The normalized spacial score (nSPS) is 8.88. The SMILES string of the molecule is [2H]C[N-]CC(=O)OC.[K+]. The first-order chi connectivity index (χ1) is 3.81. The number of rotatable bonds is 2. The zero-order valence-electron chi connectivity index (χ0n) is 6.18. The minimum Gasteiger partial charge on any atom is -0.656 e. The predicted octanol–water partition coefficient (Wildman–Crippen LogP) is -2.83. The van der Waals surface area contributed by atoms with E-state index in [9.17, 15) is 4.79 Å². The first-order valence-corrected chi connectivity index (χ1v) is 1.80. The van der Waals surface area contributed by atoms with Crippen LogP contribution in [0.3, 0.4) is 0 Å². The van der Waals surface area contributed by atoms with E-state index in [-0.39, 0.29) is 65.0 Å². The van der Waals surface area contributed by atoms with E-state index >= 15 is 0 Å². The van der Waals surface area contributed by atoms with Gasteiger partial charge in [0, 0.05) is 0 Å². The molecule has 0 heterocycles. The van der Waals surface area contributed by atoms with Crippen molar-refractivity contribution < 1.29 is 62.3 Å². The number of carbonyl (C=O) groups is 1. The Morgan fingerprint density at radius 3 is 3.00 bits per heavy atom. The second kappa shape index (κ2) is 8.07. The molecule has 0 fully saturated rings. The van der Waals surface area contributed by atoms with Crippen LogP contribution in [0, 0.1) is 0 Å². The third-order valence-corrected chi connectivity index (χ3v) is 0.469. The summed E-state index contributed by atoms with van der Waals surface area (Å²) in [6, 6.07) is 0. The molecule has 8 heavy (non-hydrogen) atoms. The van der Waals surface area contributed by atoms with Crippen molar-refractivity contribution in [2.75, 3.05) is 20.7 Å². The molecule has 0 aromatic carbocycles. The van der Waals surface area contributed by atoms with Crippen molar-refractivity contribution in [2.24, 2.45) is 0 Å². The van der Waals surface area contributed by atoms with E-state index in [0.29, 0.717) is 0 Å². The maximum absolute atomic E-state index is 10.2. The topological polar surface area (TPSA) is 40.4 Å². The summed E-state index contributed by atoms with van der Waals surface area (Å²) in [4.78, 5) is 10.2. The quantitative estimate of drug-likeness (QED) is 0.308. The average molecular weight is 142 g/mol. The molecule has 0 aliphatic heterocycles. The number of hydrogen-bond acceptors (Lipinski definition) is 2. The average Bonchev–Trinajstić information content (AvgIpc) is 1.83. The van der Waals surface area contributed by atoms with Gasteiger partial charge in [0.05, 0.1) is 7.11 Å². The Bertz CT molecular complexity index is 81.0. The summed E-state index contributed by atoms with van der Waals surface area (Å²) in [5.74, 6) is -0.391. The Hall–Kier alpha value is 1.07. The number of esters is 1. The largest absolute Gasteiger partial charge is 1.00 e. The zero-order valence-corrected chi connectivity index (χ0v) is 8.30. The Morgan fingerprint density at radius 2 is 2.62 bits per heavy atom. The van der Waals surface area contributed by atoms with Gasteiger partial charge >= 0.3 is 51.4 Å². The molecule has 3 nitrogen and oxygen atoms in total. The summed E-state index contributed by atoms with van der Waals surface area (Å²) in [6.07, 6.45) is 0. The van der Waals surface area contributed by atoms with E-state index in [2.05, 4.69) is 10.1 Å². The van der Waals surface area contributed by atoms with Gasteiger partial charge in [-0.05, 0) is 7.92 Å². The summed E-state index contributed by atoms with van der Waals surface area (Å²) in [5.41, 5.74) is 0. The molecule has 0 spiro atoms. The van der Waals surface area contributed by atoms with Crippen molar-refractivity contribution in [3.63, 3.8) is 0 Å². The standard InChI is InChI=1S/C4H8NO2.K/c1-5-3-4(6)7-2;/h3H2,1-2H3;/q-1;+1/i1D;. The van der Waals surface area contributed by atoms with Crippen molar-refractivity contribution in [2.45, 2.75) is 0 Å². The second-order valence-corrected chi connectivity index (χ2v) is 0.958. The van der Waals surface area contributed by atoms with Crippen LogP contribution < -0.4 is 51.4 Å². The van der Waals surface area contributed by atoms with Crippen molar-refractivity contribution in [1.29, 1.82) is 0 Å². The third kappa shape index (κ3) is 7.07. The van der Waals surface area contributed by atoms with Gasteiger partial charge < -0.3 is 10.1 Å². The summed E-state index contributed by atoms with van der Waals surface area (Å²) >= 11 is 0. The monoisotopic (exact) mass is 142 g/mol. The summed E-state index contributed by atoms with van der Waals surface area (Å²) in [6.45, 7) is 0. The molecular formula is C4H8KNO2. The van der Waals surface area contributed by atoms with Crippen LogP contribution in [0.15, 0.2) is 0 Å². The number of hydrogen-bond donors (Lipinski definition) is 0. The van der Waals surface area contributed by atoms with Gasteiger partial charge in [0.25, 0.3) is 5.97 Å². The molecule has 0 aliphatic rings. The van der Waals surface area contributed by atoms with Gasteiger partial charge in [-0.1, -0.05) is 0 Å². The van der Waals surface area contributed by atoms with Crippen molar-refractivity contribution in [1.82, 2.24) is 0 Å². The molecule has 0 aliphatic carbocycles. The molecule has 0 saturated heterocycles. The molecule has 0 radical (unpaired) electrons. The third-order valence-electron chi connectivity index (χ3n) is 0.469. The van der Waals surface area contributed by atoms with Gasteiger partial charge in [-0.3, -0.25) is 4.79 Å². The van der Waals surface area contributed by atoms with E-state index in [1.165, 1.54) is 7.11 Å². The molecule has 0 atom stereocenters. The van der Waals surface area contributed by atoms with Gasteiger partial charge in [-0.25, -0.2) is 0 Å². The number of likely N-dealkylation sites (N-methyl/N-ethyl adjacent to an activating group) is 1. The van der Waals surface area contributed by atoms with Crippen molar-refractivity contribution in [3.05, 3.63) is 5.32 Å². The molecule has 0 unspecified atom stereocenters. The smallest absolute Gasteiger partial charge is 0.656 e. The van der Waals surface area contributed by atoms with E-state index in [1.54, 1.807) is 0 Å². The fourth-order valence-electron chi connectivity index (χ4n) is 0.156. The van der Waals surface area contributed by atoms with E-state index < -0.39 is 5.97 Å². The van der Waals surface area contributed by atoms with E-state index in [0.717, 1.165) is 0 Å². The molecule has 0 amide bonds. The molecule has 4 heteroatoms. The van der Waals surface area contributed by atoms with Crippen molar-refractivity contribution in [3.8, 4) is 0 Å². The maximum atomic E-state index is 10.2. The Morgan fingerprint density at radius 1 is 2.00 bits per heavy atom. The van der Waals surface area contributed by atoms with Crippen LogP contribution >= 0.6 is 0 Å². The van der Waals surface area contributed by atoms with Crippen LogP contribution in [-0.4, -0.2) is 26.6 Å². The van der Waals surface area contributed by atoms with Gasteiger partial charge in [0.2, 0.25) is 0 Å². The molecule has 0 rings (SSSR count). The fourth-order valence-corrected chi connectivity index (χ4v) is 0.156. The minimum absolute atomic E-state index is 0. The molecule has 0 saturated carbocycles. The zero-order chi connectivity index (χ0) is 6.41. The van der Waals surface area contributed by atoms with Gasteiger partial charge in [-0.2, -0.15) is 7.02 Å². The maximum Gasteiger partial charge on any atom is 1.00 e. The van der Waals surface area contributed by atoms with Crippen LogP contribution in [0.25, 0.3) is 5.32 Å². The van der Waals surface area contributed by atoms with E-state index in [1.807, 2.05) is 0 Å². The first kappa shape index (κ1) is 9.07. The van der Waals surface area contributed by atoms with Crippen LogP contribution in [0.4, 0.5) is 0 Å². The van der Waals surface area contributed by atoms with Crippen LogP contribution in [-0.2, 0) is 9.53 Å². The van der Waals surface area contributed by atoms with Gasteiger partial charge in [0.15, 0.2) is 0 Å². The first-order valence-electron chi connectivity index (χ1n) is 2.51. The van der Waals surface area contributed by atoms with Crippen LogP contribution in [0.1, 0.15) is 1.37 Å². The van der Waals surface area contributed by atoms with Crippen LogP contribution in [0.5, 0.6) is 0 Å². The Kier molecular flexibility index (Phi) is 9.14. The van der Waals surface area contributed by atoms with E-state index in [4.69, 9.17) is 1.37 Å². The number of carbonyl (C=O) groups excluding carboxylic acids is 1. The Labute approximate surface area is 93.0 Å². The summed E-state index contributed by atoms with van der Waals surface area (Å²) < 4.78 is 10.7. The number of methoxy groups -OCH3 is 1. The van der Waals surface area contributed by atoms with Gasteiger partial charge in [0.1, 0.15) is 0 Å². The van der Waals surface area contributed by atoms with Crippen LogP contribution in [0.2, 0.25) is 0 Å². The van der Waals surface area contributed by atoms with Gasteiger partial charge in [-0.15, -0.1) is 0 Å². The minimum atomic E-state index is -0.391. The predicted molar refractivity (Wildman–Crippen MR) is 26.2 cm³/mol. The Balaban J connectivity index is 0. The summed E-state index contributed by atoms with van der Waals surface area (Å²) in [5, 5.41) is 3.43. The molecule has 42 valence electrons. The molecule has 0 aromatic rings. The second-order valence-electron chi connectivity index (χ2n) is 0.958.